The van der Waals surface area contributed by atoms with Gasteiger partial charge in [-0.2, -0.15) is 4.31 Å². The van der Waals surface area contributed by atoms with Crippen LogP contribution < -0.4 is 5.32 Å². The molecule has 3 rings (SSSR count). The molecule has 0 unspecified atom stereocenters. The molecule has 0 bridgehead atoms. The highest BCUT2D eigenvalue weighted by Gasteiger charge is 2.27. The van der Waals surface area contributed by atoms with E-state index >= 15 is 0 Å². The van der Waals surface area contributed by atoms with Crippen molar-refractivity contribution in [1.82, 2.24) is 4.31 Å². The summed E-state index contributed by atoms with van der Waals surface area (Å²) in [6.07, 6.45) is 3.63. The number of sulfonamides is 1. The van der Waals surface area contributed by atoms with Crippen molar-refractivity contribution in [1.29, 1.82) is 0 Å². The van der Waals surface area contributed by atoms with Crippen LogP contribution in [0.2, 0.25) is 5.02 Å². The quantitative estimate of drug-likeness (QED) is 0.536. The summed E-state index contributed by atoms with van der Waals surface area (Å²) >= 11 is 5.79. The Morgan fingerprint density at radius 3 is 2.40 bits per heavy atom. The van der Waals surface area contributed by atoms with Crippen LogP contribution in [0.3, 0.4) is 0 Å². The number of benzene rings is 2. The molecule has 30 heavy (non-hydrogen) atoms. The minimum atomic E-state index is -3.71. The van der Waals surface area contributed by atoms with Gasteiger partial charge in [0.1, 0.15) is 5.56 Å². The van der Waals surface area contributed by atoms with Crippen molar-refractivity contribution >= 4 is 38.9 Å². The number of anilines is 1. The van der Waals surface area contributed by atoms with Gasteiger partial charge in [0.25, 0.3) is 11.6 Å². The number of halogens is 1. The molecule has 1 saturated heterocycles. The molecule has 2 aromatic rings. The van der Waals surface area contributed by atoms with Gasteiger partial charge in [0.15, 0.2) is 0 Å². The van der Waals surface area contributed by atoms with Gasteiger partial charge in [-0.25, -0.2) is 8.42 Å². The standard InChI is InChI=1S/C20H22ClN3O5S/c1-14-6-8-16(13-19(14)30(28,29)23-10-4-2-3-5-11-23)22-20(25)17-9-7-15(21)12-18(17)24(26)27/h6-9,12-13H,2-5,10-11H2,1H3,(H,22,25). The second-order valence-electron chi connectivity index (χ2n) is 7.17. The lowest BCUT2D eigenvalue weighted by Crippen LogP contribution is -2.32. The van der Waals surface area contributed by atoms with E-state index < -0.39 is 26.5 Å². The number of hydrogen-bond donors (Lipinski definition) is 1. The lowest BCUT2D eigenvalue weighted by molar-refractivity contribution is -0.385. The van der Waals surface area contributed by atoms with Crippen LogP contribution in [0.25, 0.3) is 0 Å². The molecule has 1 aliphatic rings. The highest BCUT2D eigenvalue weighted by atomic mass is 35.5. The number of amides is 1. The summed E-state index contributed by atoms with van der Waals surface area (Å²) in [5, 5.41) is 13.9. The maximum absolute atomic E-state index is 13.2. The fourth-order valence-corrected chi connectivity index (χ4v) is 5.36. The van der Waals surface area contributed by atoms with Gasteiger partial charge < -0.3 is 5.32 Å². The molecule has 0 aromatic heterocycles. The molecule has 160 valence electrons. The topological polar surface area (TPSA) is 110 Å². The van der Waals surface area contributed by atoms with Crippen LogP contribution in [0.5, 0.6) is 0 Å². The van der Waals surface area contributed by atoms with Gasteiger partial charge in [-0.1, -0.05) is 30.5 Å². The Balaban J connectivity index is 1.91. The van der Waals surface area contributed by atoms with Gasteiger partial charge >= 0.3 is 0 Å². The van der Waals surface area contributed by atoms with Crippen molar-refractivity contribution in [3.63, 3.8) is 0 Å². The molecule has 1 amide bonds. The van der Waals surface area contributed by atoms with Crippen molar-refractivity contribution in [2.24, 2.45) is 0 Å². The number of nitrogens with one attached hydrogen (secondary N) is 1. The minimum Gasteiger partial charge on any atom is -0.322 e. The van der Waals surface area contributed by atoms with E-state index in [4.69, 9.17) is 11.6 Å². The predicted molar refractivity (Wildman–Crippen MR) is 114 cm³/mol. The zero-order valence-corrected chi connectivity index (χ0v) is 18.0. The average molecular weight is 452 g/mol. The summed E-state index contributed by atoms with van der Waals surface area (Å²) in [6, 6.07) is 8.32. The summed E-state index contributed by atoms with van der Waals surface area (Å²) in [6.45, 7) is 2.63. The van der Waals surface area contributed by atoms with Crippen molar-refractivity contribution in [2.45, 2.75) is 37.5 Å². The van der Waals surface area contributed by atoms with Crippen LogP contribution in [0, 0.1) is 17.0 Å². The first-order chi connectivity index (χ1) is 14.2. The number of carbonyl (C=O) groups is 1. The van der Waals surface area contributed by atoms with Crippen LogP contribution in [-0.2, 0) is 10.0 Å². The monoisotopic (exact) mass is 451 g/mol. The highest BCUT2D eigenvalue weighted by Crippen LogP contribution is 2.28. The molecule has 0 aliphatic carbocycles. The van der Waals surface area contributed by atoms with Gasteiger partial charge in [0.05, 0.1) is 9.82 Å². The van der Waals surface area contributed by atoms with Crippen LogP contribution in [0.1, 0.15) is 41.6 Å². The number of nitro groups is 1. The van der Waals surface area contributed by atoms with Crippen LogP contribution >= 0.6 is 11.6 Å². The molecule has 10 heteroatoms. The number of carbonyl (C=O) groups excluding carboxylic acids is 1. The first kappa shape index (κ1) is 22.2. The van der Waals surface area contributed by atoms with Crippen LogP contribution in [-0.4, -0.2) is 36.6 Å². The minimum absolute atomic E-state index is 0.118. The average Bonchev–Trinajstić information content (AvgIpc) is 2.99. The van der Waals surface area contributed by atoms with E-state index in [0.717, 1.165) is 31.7 Å². The lowest BCUT2D eigenvalue weighted by atomic mass is 10.1. The highest BCUT2D eigenvalue weighted by molar-refractivity contribution is 7.89. The van der Waals surface area contributed by atoms with Crippen molar-refractivity contribution in [3.05, 3.63) is 62.7 Å². The van der Waals surface area contributed by atoms with E-state index in [1.54, 1.807) is 19.1 Å². The SMILES string of the molecule is Cc1ccc(NC(=O)c2ccc(Cl)cc2[N+](=O)[O-])cc1S(=O)(=O)N1CCCCCC1. The van der Waals surface area contributed by atoms with Gasteiger partial charge in [-0.15, -0.1) is 0 Å². The van der Waals surface area contributed by atoms with Gasteiger partial charge in [-0.05, 0) is 49.6 Å². The zero-order valence-electron chi connectivity index (χ0n) is 16.4. The number of nitrogens with zero attached hydrogens (tertiary/aromatic N) is 2. The second kappa shape index (κ2) is 9.11. The maximum atomic E-state index is 13.2. The molecule has 1 heterocycles. The molecule has 0 saturated carbocycles. The van der Waals surface area contributed by atoms with Gasteiger partial charge in [0.2, 0.25) is 10.0 Å². The molecular weight excluding hydrogens is 430 g/mol. The fourth-order valence-electron chi connectivity index (χ4n) is 3.42. The van der Waals surface area contributed by atoms with Crippen molar-refractivity contribution < 1.29 is 18.1 Å². The predicted octanol–water partition coefficient (Wildman–Crippen LogP) is 4.37. The molecule has 2 aromatic carbocycles. The van der Waals surface area contributed by atoms with Gasteiger partial charge in [0, 0.05) is 29.9 Å². The molecule has 1 fully saturated rings. The molecule has 0 spiro atoms. The third kappa shape index (κ3) is 4.80. The van der Waals surface area contributed by atoms with Crippen LogP contribution in [0.15, 0.2) is 41.3 Å². The Labute approximate surface area is 180 Å². The van der Waals surface area contributed by atoms with Crippen molar-refractivity contribution in [2.75, 3.05) is 18.4 Å². The van der Waals surface area contributed by atoms with E-state index in [0.29, 0.717) is 18.7 Å². The van der Waals surface area contributed by atoms with E-state index in [1.807, 2.05) is 0 Å². The van der Waals surface area contributed by atoms with E-state index in [9.17, 15) is 23.3 Å². The summed E-state index contributed by atoms with van der Waals surface area (Å²) < 4.78 is 27.8. The summed E-state index contributed by atoms with van der Waals surface area (Å²) in [7, 11) is -3.71. The molecule has 0 atom stereocenters. The third-order valence-corrected chi connectivity index (χ3v) is 7.31. The Morgan fingerprint density at radius 1 is 1.10 bits per heavy atom. The lowest BCUT2D eigenvalue weighted by Gasteiger charge is -2.21. The van der Waals surface area contributed by atoms with Crippen molar-refractivity contribution in [3.8, 4) is 0 Å². The third-order valence-electron chi connectivity index (χ3n) is 5.03. The Hall–Kier alpha value is -2.49. The first-order valence-corrected chi connectivity index (χ1v) is 11.4. The van der Waals surface area contributed by atoms with E-state index in [-0.39, 0.29) is 21.2 Å². The molecule has 8 nitrogen and oxygen atoms in total. The Bertz CT molecular complexity index is 1080. The second-order valence-corrected chi connectivity index (χ2v) is 9.51. The van der Waals surface area contributed by atoms with E-state index in [2.05, 4.69) is 5.32 Å². The number of hydrogen-bond acceptors (Lipinski definition) is 5. The number of rotatable bonds is 5. The smallest absolute Gasteiger partial charge is 0.283 e. The Morgan fingerprint density at radius 2 is 1.77 bits per heavy atom. The number of nitro benzene ring substituents is 1. The molecule has 1 aliphatic heterocycles. The Kier molecular flexibility index (Phi) is 6.74. The van der Waals surface area contributed by atoms with Gasteiger partial charge in [-0.3, -0.25) is 14.9 Å². The molecular formula is C20H22ClN3O5S. The molecule has 0 radical (unpaired) electrons. The first-order valence-electron chi connectivity index (χ1n) is 9.56. The van der Waals surface area contributed by atoms with Crippen LogP contribution in [0.4, 0.5) is 11.4 Å². The summed E-state index contributed by atoms with van der Waals surface area (Å²) in [5.41, 5.74) is 0.212. The largest absolute Gasteiger partial charge is 0.322 e. The normalized spacial score (nSPS) is 15.4. The maximum Gasteiger partial charge on any atom is 0.283 e. The number of aryl methyl sites for hydroxylation is 1. The summed E-state index contributed by atoms with van der Waals surface area (Å²) in [4.78, 5) is 23.3. The van der Waals surface area contributed by atoms with E-state index in [1.165, 1.54) is 22.5 Å². The fraction of sp³-hybridized carbons (Fsp3) is 0.350. The summed E-state index contributed by atoms with van der Waals surface area (Å²) in [5.74, 6) is -0.722. The zero-order chi connectivity index (χ0) is 21.9. The molecule has 1 N–H and O–H groups in total.